The molecule has 0 saturated heterocycles. The van der Waals surface area contributed by atoms with Gasteiger partial charge < -0.3 is 20.7 Å². The van der Waals surface area contributed by atoms with E-state index in [4.69, 9.17) is 10.5 Å². The average Bonchev–Trinajstić information content (AvgIpc) is 3.35. The van der Waals surface area contributed by atoms with Crippen LogP contribution in [0.5, 0.6) is 11.6 Å². The average molecular weight is 462 g/mol. The summed E-state index contributed by atoms with van der Waals surface area (Å²) in [5, 5.41) is 22.2. The number of hydrogen-bond donors (Lipinski definition) is 3. The van der Waals surface area contributed by atoms with Crippen molar-refractivity contribution in [1.82, 2.24) is 24.3 Å². The molecule has 0 saturated carbocycles. The molecular weight excluding hydrogens is 449 g/mol. The quantitative estimate of drug-likeness (QED) is 0.417. The molecule has 0 unspecified atom stereocenters. The second-order valence-corrected chi connectivity index (χ2v) is 6.64. The fourth-order valence-corrected chi connectivity index (χ4v) is 3.27. The molecule has 0 aliphatic rings. The Kier molecular flexibility index (Phi) is 5.21. The number of primary amides is 1. The van der Waals surface area contributed by atoms with E-state index >= 15 is 0 Å². The number of amides is 1. The highest BCUT2D eigenvalue weighted by atomic mass is 19.4. The number of ether oxygens (including phenoxy) is 1. The zero-order chi connectivity index (χ0) is 23.9. The minimum absolute atomic E-state index is 0.00304. The van der Waals surface area contributed by atoms with Crippen molar-refractivity contribution in [1.29, 1.82) is 0 Å². The Morgan fingerprint density at radius 2 is 1.91 bits per heavy atom. The first-order valence-corrected chi connectivity index (χ1v) is 9.03. The summed E-state index contributed by atoms with van der Waals surface area (Å²) >= 11 is 0. The van der Waals surface area contributed by atoms with Crippen molar-refractivity contribution in [2.75, 3.05) is 0 Å². The van der Waals surface area contributed by atoms with Crippen molar-refractivity contribution in [2.45, 2.75) is 12.8 Å². The molecule has 0 fully saturated rings. The lowest BCUT2D eigenvalue weighted by Gasteiger charge is -2.10. The molecule has 3 heterocycles. The van der Waals surface area contributed by atoms with E-state index in [0.29, 0.717) is 0 Å². The van der Waals surface area contributed by atoms with Gasteiger partial charge in [0, 0.05) is 28.8 Å². The first-order valence-electron chi connectivity index (χ1n) is 9.03. The number of carboxylic acid groups (broad SMARTS) is 1. The third-order valence-corrected chi connectivity index (χ3v) is 4.60. The Hall–Kier alpha value is -4.46. The number of nitrogens with zero attached hydrogens (tertiary/aromatic N) is 5. The van der Waals surface area contributed by atoms with E-state index in [9.17, 15) is 33.0 Å². The van der Waals surface area contributed by atoms with Gasteiger partial charge in [0.05, 0.1) is 24.0 Å². The number of aliphatic hydroxyl groups excluding tert-OH is 1. The fraction of sp³-hybridized carbons (Fsp3) is 0.105. The predicted octanol–water partition coefficient (Wildman–Crippen LogP) is 3.05. The summed E-state index contributed by atoms with van der Waals surface area (Å²) in [7, 11) is 0. The number of halogens is 3. The number of hydrogen-bond acceptors (Lipinski definition) is 7. The first-order chi connectivity index (χ1) is 15.6. The molecule has 0 spiro atoms. The van der Waals surface area contributed by atoms with Crippen LogP contribution >= 0.6 is 0 Å². The number of carbonyl (C=O) groups excluding carboxylic acids is 1. The van der Waals surface area contributed by atoms with Gasteiger partial charge in [0.25, 0.3) is 0 Å². The van der Waals surface area contributed by atoms with Gasteiger partial charge in [0.15, 0.2) is 5.69 Å². The minimum atomic E-state index is -5.02. The van der Waals surface area contributed by atoms with Crippen molar-refractivity contribution in [3.05, 3.63) is 54.4 Å². The first kappa shape index (κ1) is 21.8. The summed E-state index contributed by atoms with van der Waals surface area (Å²) in [6, 6.07) is 3.94. The van der Waals surface area contributed by atoms with Crippen LogP contribution in [0.2, 0.25) is 0 Å². The van der Waals surface area contributed by atoms with E-state index in [2.05, 4.69) is 15.1 Å². The van der Waals surface area contributed by atoms with Gasteiger partial charge in [-0.2, -0.15) is 23.0 Å². The van der Waals surface area contributed by atoms with E-state index in [-0.39, 0.29) is 45.1 Å². The predicted molar refractivity (Wildman–Crippen MR) is 105 cm³/mol. The van der Waals surface area contributed by atoms with Crippen molar-refractivity contribution >= 4 is 23.0 Å². The Labute approximate surface area is 181 Å². The van der Waals surface area contributed by atoms with Crippen LogP contribution in [0.4, 0.5) is 22.8 Å². The van der Waals surface area contributed by atoms with Crippen molar-refractivity contribution in [2.24, 2.45) is 5.73 Å². The van der Waals surface area contributed by atoms with Crippen molar-refractivity contribution in [3.63, 3.8) is 0 Å². The van der Waals surface area contributed by atoms with Gasteiger partial charge in [-0.3, -0.25) is 4.57 Å². The van der Waals surface area contributed by atoms with Crippen LogP contribution < -0.4 is 10.5 Å². The fourth-order valence-electron chi connectivity index (χ4n) is 3.27. The van der Waals surface area contributed by atoms with Gasteiger partial charge >= 0.3 is 18.3 Å². The molecule has 170 valence electrons. The van der Waals surface area contributed by atoms with Crippen LogP contribution in [0.25, 0.3) is 22.0 Å². The van der Waals surface area contributed by atoms with Crippen molar-refractivity contribution in [3.8, 4) is 22.8 Å². The summed E-state index contributed by atoms with van der Waals surface area (Å²) < 4.78 is 47.5. The number of rotatable bonds is 4. The summed E-state index contributed by atoms with van der Waals surface area (Å²) in [5.74, 6) is 0.162. The number of aromatic nitrogens is 5. The van der Waals surface area contributed by atoms with Crippen LogP contribution in [0, 0.1) is 0 Å². The molecule has 3 aromatic heterocycles. The Balaban J connectivity index is 1.91. The highest BCUT2D eigenvalue weighted by Crippen LogP contribution is 2.41. The molecule has 1 amide bonds. The zero-order valence-corrected chi connectivity index (χ0v) is 16.3. The summed E-state index contributed by atoms with van der Waals surface area (Å²) in [6.45, 7) is -0.367. The number of nitrogens with two attached hydrogens (primary N) is 1. The molecule has 0 bridgehead atoms. The molecule has 33 heavy (non-hydrogen) atoms. The van der Waals surface area contributed by atoms with Gasteiger partial charge in [-0.05, 0) is 18.2 Å². The van der Waals surface area contributed by atoms with E-state index in [1.807, 2.05) is 0 Å². The molecular formula is C19H13F3N6O5. The van der Waals surface area contributed by atoms with Gasteiger partial charge in [-0.15, -0.1) is 0 Å². The Morgan fingerprint density at radius 3 is 2.55 bits per heavy atom. The van der Waals surface area contributed by atoms with Gasteiger partial charge in [-0.25, -0.2) is 19.6 Å². The monoisotopic (exact) mass is 462 g/mol. The molecule has 14 heteroatoms. The SMILES string of the molecule is NC(=O)n1ncc(-c2cn(C(=O)O)c3ccc(Oc4cc(CO)ncn4)cc23)c1C(F)(F)F. The van der Waals surface area contributed by atoms with E-state index in [1.165, 1.54) is 24.3 Å². The van der Waals surface area contributed by atoms with Crippen LogP contribution in [0.1, 0.15) is 11.4 Å². The van der Waals surface area contributed by atoms with Crippen LogP contribution in [0.3, 0.4) is 0 Å². The maximum absolute atomic E-state index is 13.7. The molecule has 0 radical (unpaired) electrons. The topological polar surface area (TPSA) is 158 Å². The van der Waals surface area contributed by atoms with Crippen LogP contribution in [-0.2, 0) is 12.8 Å². The highest BCUT2D eigenvalue weighted by molar-refractivity contribution is 6.01. The second kappa shape index (κ2) is 7.90. The molecule has 4 N–H and O–H groups in total. The van der Waals surface area contributed by atoms with Crippen LogP contribution in [0.15, 0.2) is 43.0 Å². The lowest BCUT2D eigenvalue weighted by atomic mass is 10.0. The molecule has 11 nitrogen and oxygen atoms in total. The second-order valence-electron chi connectivity index (χ2n) is 6.64. The van der Waals surface area contributed by atoms with Crippen LogP contribution in [-0.4, -0.2) is 46.7 Å². The Morgan fingerprint density at radius 1 is 1.15 bits per heavy atom. The van der Waals surface area contributed by atoms with Gasteiger partial charge in [0.2, 0.25) is 5.88 Å². The number of carbonyl (C=O) groups is 2. The third-order valence-electron chi connectivity index (χ3n) is 4.60. The third kappa shape index (κ3) is 3.94. The minimum Gasteiger partial charge on any atom is -0.464 e. The van der Waals surface area contributed by atoms with Gasteiger partial charge in [-0.1, -0.05) is 0 Å². The summed E-state index contributed by atoms with van der Waals surface area (Å²) in [6.07, 6.45) is -3.56. The standard InChI is InChI=1S/C19H13F3N6O5/c20-19(21,22)16-12(5-26-28(16)17(23)30)13-6-27(18(31)32)14-2-1-10(4-11(13)14)33-15-3-9(7-29)24-8-25-15/h1-6,8,29H,7H2,(H2,23,30)(H,31,32). The summed E-state index contributed by atoms with van der Waals surface area (Å²) in [5.41, 5.74) is 3.18. The normalized spacial score (nSPS) is 11.6. The molecule has 1 aromatic carbocycles. The summed E-state index contributed by atoms with van der Waals surface area (Å²) in [4.78, 5) is 30.8. The van der Waals surface area contributed by atoms with Gasteiger partial charge in [0.1, 0.15) is 12.1 Å². The number of alkyl halides is 3. The Bertz CT molecular complexity index is 1390. The molecule has 0 aliphatic heterocycles. The van der Waals surface area contributed by atoms with E-state index < -0.39 is 29.6 Å². The smallest absolute Gasteiger partial charge is 0.434 e. The molecule has 4 rings (SSSR count). The van der Waals surface area contributed by atoms with E-state index in [0.717, 1.165) is 23.3 Å². The van der Waals surface area contributed by atoms with E-state index in [1.54, 1.807) is 0 Å². The maximum atomic E-state index is 13.7. The largest absolute Gasteiger partial charge is 0.464 e. The highest BCUT2D eigenvalue weighted by Gasteiger charge is 2.40. The molecule has 0 atom stereocenters. The molecule has 4 aromatic rings. The number of benzene rings is 1. The number of fused-ring (bicyclic) bond motifs is 1. The number of aliphatic hydroxyl groups is 1. The lowest BCUT2D eigenvalue weighted by Crippen LogP contribution is -2.26. The zero-order valence-electron chi connectivity index (χ0n) is 16.3. The maximum Gasteiger partial charge on any atom is 0.434 e. The lowest BCUT2D eigenvalue weighted by molar-refractivity contribution is -0.142. The van der Waals surface area contributed by atoms with Crippen molar-refractivity contribution < 1.29 is 37.7 Å². The molecule has 0 aliphatic carbocycles.